The van der Waals surface area contributed by atoms with Crippen LogP contribution in [0.3, 0.4) is 0 Å². The number of benzene rings is 1. The van der Waals surface area contributed by atoms with Gasteiger partial charge >= 0.3 is 0 Å². The zero-order valence-electron chi connectivity index (χ0n) is 14.4. The fourth-order valence-electron chi connectivity index (χ4n) is 2.62. The third-order valence-electron chi connectivity index (χ3n) is 4.06. The average Bonchev–Trinajstić information content (AvgIpc) is 3.08. The largest absolute Gasteiger partial charge is 0.344 e. The van der Waals surface area contributed by atoms with Gasteiger partial charge in [-0.1, -0.05) is 41.1 Å². The molecule has 0 unspecified atom stereocenters. The lowest BCUT2D eigenvalue weighted by Crippen LogP contribution is -2.48. The van der Waals surface area contributed by atoms with Gasteiger partial charge in [-0.3, -0.25) is 9.69 Å². The van der Waals surface area contributed by atoms with E-state index < -0.39 is 0 Å². The van der Waals surface area contributed by atoms with Crippen LogP contribution in [-0.4, -0.2) is 53.7 Å². The minimum Gasteiger partial charge on any atom is -0.344 e. The first-order chi connectivity index (χ1) is 12.0. The number of nitrogens with zero attached hydrogens (tertiary/aromatic N) is 4. The summed E-state index contributed by atoms with van der Waals surface area (Å²) in [7, 11) is 0. The number of carbonyl (C=O) groups is 1. The third-order valence-corrected chi connectivity index (χ3v) is 5.88. The van der Waals surface area contributed by atoms with Gasteiger partial charge in [-0.2, -0.15) is 0 Å². The van der Waals surface area contributed by atoms with Crippen molar-refractivity contribution in [2.24, 2.45) is 0 Å². The molecule has 3 rings (SSSR count). The molecule has 1 N–H and O–H groups in total. The molecule has 0 atom stereocenters. The van der Waals surface area contributed by atoms with Crippen LogP contribution in [0.1, 0.15) is 24.8 Å². The van der Waals surface area contributed by atoms with E-state index in [2.05, 4.69) is 55.1 Å². The van der Waals surface area contributed by atoms with Crippen molar-refractivity contribution in [1.29, 1.82) is 0 Å². The molecule has 1 aromatic heterocycles. The van der Waals surface area contributed by atoms with Crippen LogP contribution in [0.25, 0.3) is 0 Å². The van der Waals surface area contributed by atoms with Crippen LogP contribution >= 0.6 is 27.3 Å². The Balaban J connectivity index is 1.47. The van der Waals surface area contributed by atoms with E-state index in [0.717, 1.165) is 46.5 Å². The summed E-state index contributed by atoms with van der Waals surface area (Å²) < 4.78 is 0.999. The lowest BCUT2D eigenvalue weighted by molar-refractivity contribution is -0.117. The van der Waals surface area contributed by atoms with E-state index >= 15 is 0 Å². The Kier molecular flexibility index (Phi) is 6.03. The van der Waals surface area contributed by atoms with E-state index in [1.54, 1.807) is 11.3 Å². The number of aromatic nitrogens is 2. The van der Waals surface area contributed by atoms with Crippen LogP contribution in [0.4, 0.5) is 10.8 Å². The van der Waals surface area contributed by atoms with Crippen molar-refractivity contribution < 1.29 is 4.79 Å². The van der Waals surface area contributed by atoms with Crippen LogP contribution in [0.15, 0.2) is 28.7 Å². The summed E-state index contributed by atoms with van der Waals surface area (Å²) in [5.74, 6) is 0.434. The normalized spacial score (nSPS) is 15.6. The van der Waals surface area contributed by atoms with Crippen molar-refractivity contribution in [3.05, 3.63) is 33.7 Å². The molecular weight excluding hydrogens is 402 g/mol. The first kappa shape index (κ1) is 18.3. The monoisotopic (exact) mass is 423 g/mol. The van der Waals surface area contributed by atoms with Gasteiger partial charge in [0.05, 0.1) is 6.54 Å². The molecule has 0 spiro atoms. The molecule has 0 saturated carbocycles. The SMILES string of the molecule is CC(C)c1nnc(N2CCN(CC(=O)Nc3ccc(Br)cc3)CC2)s1. The third kappa shape index (κ3) is 4.99. The van der Waals surface area contributed by atoms with Crippen LogP contribution in [0.2, 0.25) is 0 Å². The molecule has 25 heavy (non-hydrogen) atoms. The topological polar surface area (TPSA) is 61.4 Å². The van der Waals surface area contributed by atoms with Crippen molar-refractivity contribution >= 4 is 44.0 Å². The molecule has 2 aromatic rings. The van der Waals surface area contributed by atoms with Crippen LogP contribution < -0.4 is 10.2 Å². The molecule has 1 amide bonds. The van der Waals surface area contributed by atoms with Gasteiger partial charge in [-0.25, -0.2) is 0 Å². The Labute approximate surface area is 160 Å². The zero-order chi connectivity index (χ0) is 17.8. The number of hydrogen-bond acceptors (Lipinski definition) is 6. The summed E-state index contributed by atoms with van der Waals surface area (Å²) in [5, 5.41) is 13.6. The van der Waals surface area contributed by atoms with Crippen molar-refractivity contribution in [2.45, 2.75) is 19.8 Å². The summed E-state index contributed by atoms with van der Waals surface area (Å²) in [4.78, 5) is 16.6. The summed E-state index contributed by atoms with van der Waals surface area (Å²) in [6.07, 6.45) is 0. The predicted octanol–water partition coefficient (Wildman–Crippen LogP) is 3.18. The van der Waals surface area contributed by atoms with Crippen LogP contribution in [0.5, 0.6) is 0 Å². The van der Waals surface area contributed by atoms with E-state index in [0.29, 0.717) is 12.5 Å². The van der Waals surface area contributed by atoms with Gasteiger partial charge in [0.25, 0.3) is 0 Å². The summed E-state index contributed by atoms with van der Waals surface area (Å²) in [6.45, 7) is 8.13. The van der Waals surface area contributed by atoms with Gasteiger partial charge < -0.3 is 10.2 Å². The predicted molar refractivity (Wildman–Crippen MR) is 105 cm³/mol. The Hall–Kier alpha value is -1.51. The van der Waals surface area contributed by atoms with Crippen molar-refractivity contribution in [3.8, 4) is 0 Å². The second-order valence-corrected chi connectivity index (χ2v) is 8.30. The highest BCUT2D eigenvalue weighted by Crippen LogP contribution is 2.26. The lowest BCUT2D eigenvalue weighted by Gasteiger charge is -2.33. The number of amides is 1. The number of carbonyl (C=O) groups excluding carboxylic acids is 1. The molecule has 1 aromatic carbocycles. The Morgan fingerprint density at radius 1 is 1.20 bits per heavy atom. The summed E-state index contributed by atoms with van der Waals surface area (Å²) >= 11 is 5.06. The number of nitrogens with one attached hydrogen (secondary N) is 1. The first-order valence-electron chi connectivity index (χ1n) is 8.37. The highest BCUT2D eigenvalue weighted by molar-refractivity contribution is 9.10. The molecule has 1 saturated heterocycles. The maximum absolute atomic E-state index is 12.2. The van der Waals surface area contributed by atoms with Gasteiger partial charge in [0, 0.05) is 42.3 Å². The quantitative estimate of drug-likeness (QED) is 0.799. The smallest absolute Gasteiger partial charge is 0.238 e. The number of anilines is 2. The molecule has 0 bridgehead atoms. The van der Waals surface area contributed by atoms with Gasteiger partial charge in [-0.15, -0.1) is 10.2 Å². The molecule has 0 aliphatic carbocycles. The minimum atomic E-state index is 0.0220. The maximum Gasteiger partial charge on any atom is 0.238 e. The average molecular weight is 424 g/mol. The Morgan fingerprint density at radius 2 is 1.88 bits per heavy atom. The van der Waals surface area contributed by atoms with Crippen molar-refractivity contribution in [1.82, 2.24) is 15.1 Å². The first-order valence-corrected chi connectivity index (χ1v) is 9.98. The van der Waals surface area contributed by atoms with Crippen molar-refractivity contribution in [2.75, 3.05) is 42.9 Å². The van der Waals surface area contributed by atoms with Gasteiger partial charge in [0.15, 0.2) is 0 Å². The highest BCUT2D eigenvalue weighted by Gasteiger charge is 2.22. The molecule has 0 radical (unpaired) electrons. The Morgan fingerprint density at radius 3 is 2.48 bits per heavy atom. The lowest BCUT2D eigenvalue weighted by atomic mass is 10.2. The van der Waals surface area contributed by atoms with Gasteiger partial charge in [0.1, 0.15) is 5.01 Å². The molecule has 1 aliphatic heterocycles. The highest BCUT2D eigenvalue weighted by atomic mass is 79.9. The van der Waals surface area contributed by atoms with E-state index in [9.17, 15) is 4.79 Å². The molecule has 1 fully saturated rings. The Bertz CT molecular complexity index is 710. The maximum atomic E-state index is 12.2. The fourth-order valence-corrected chi connectivity index (χ4v) is 3.78. The van der Waals surface area contributed by atoms with Gasteiger partial charge in [-0.05, 0) is 24.3 Å². The van der Waals surface area contributed by atoms with Crippen LogP contribution in [-0.2, 0) is 4.79 Å². The second kappa shape index (κ2) is 8.25. The molecule has 2 heterocycles. The summed E-state index contributed by atoms with van der Waals surface area (Å²) in [6, 6.07) is 7.62. The molecule has 134 valence electrons. The van der Waals surface area contributed by atoms with E-state index in [1.165, 1.54) is 0 Å². The van der Waals surface area contributed by atoms with E-state index in [4.69, 9.17) is 0 Å². The molecule has 1 aliphatic rings. The summed E-state index contributed by atoms with van der Waals surface area (Å²) in [5.41, 5.74) is 0.821. The van der Waals surface area contributed by atoms with Gasteiger partial charge in [0.2, 0.25) is 11.0 Å². The van der Waals surface area contributed by atoms with E-state index in [1.807, 2.05) is 24.3 Å². The standard InChI is InChI=1S/C17H22BrN5OS/c1-12(2)16-20-21-17(25-16)23-9-7-22(8-10-23)11-15(24)19-14-5-3-13(18)4-6-14/h3-6,12H,7-11H2,1-2H3,(H,19,24). The minimum absolute atomic E-state index is 0.0220. The van der Waals surface area contributed by atoms with Crippen molar-refractivity contribution in [3.63, 3.8) is 0 Å². The molecular formula is C17H22BrN5OS. The number of rotatable bonds is 5. The molecule has 6 nitrogen and oxygen atoms in total. The fraction of sp³-hybridized carbons (Fsp3) is 0.471. The van der Waals surface area contributed by atoms with E-state index in [-0.39, 0.29) is 5.91 Å². The zero-order valence-corrected chi connectivity index (χ0v) is 16.8. The number of halogens is 1. The van der Waals surface area contributed by atoms with Crippen LogP contribution in [0, 0.1) is 0 Å². The number of hydrogen-bond donors (Lipinski definition) is 1. The second-order valence-electron chi connectivity index (χ2n) is 6.40. The molecule has 8 heteroatoms. The number of piperazine rings is 1.